The highest BCUT2D eigenvalue weighted by molar-refractivity contribution is 8.01. The van der Waals surface area contributed by atoms with E-state index in [2.05, 4.69) is 33.4 Å². The van der Waals surface area contributed by atoms with Crippen LogP contribution in [0.3, 0.4) is 0 Å². The summed E-state index contributed by atoms with van der Waals surface area (Å²) in [7, 11) is -1.13. The van der Waals surface area contributed by atoms with Crippen LogP contribution in [0.1, 0.15) is 13.8 Å². The number of para-hydroxylation sites is 2. The van der Waals surface area contributed by atoms with E-state index in [-0.39, 0.29) is 11.9 Å². The van der Waals surface area contributed by atoms with Crippen LogP contribution in [0, 0.1) is 0 Å². The summed E-state index contributed by atoms with van der Waals surface area (Å²) in [5.41, 5.74) is 2.40. The monoisotopic (exact) mass is 632 g/mol. The fourth-order valence-corrected chi connectivity index (χ4v) is 7.42. The SMILES string of the molecule is CCOC(=O)CSc1sc2ccccc2[n+]1C.CCOC(=O)CSc1sc2ccccc2[n+]1C.O=S(=O)([O-])[O-]. The van der Waals surface area contributed by atoms with Gasteiger partial charge in [-0.1, -0.05) is 46.9 Å². The second-order valence-electron chi connectivity index (χ2n) is 7.39. The van der Waals surface area contributed by atoms with Gasteiger partial charge >= 0.3 is 11.9 Å². The molecule has 0 fully saturated rings. The second kappa shape index (κ2) is 16.1. The molecule has 0 aliphatic carbocycles. The Kier molecular flexibility index (Phi) is 13.6. The zero-order valence-electron chi connectivity index (χ0n) is 21.6. The van der Waals surface area contributed by atoms with Gasteiger partial charge in [0.15, 0.2) is 0 Å². The Morgan fingerprint density at radius 3 is 1.41 bits per heavy atom. The van der Waals surface area contributed by atoms with Gasteiger partial charge in [-0.15, -0.1) is 0 Å². The first-order valence-electron chi connectivity index (χ1n) is 11.4. The molecule has 0 atom stereocenters. The number of rotatable bonds is 8. The van der Waals surface area contributed by atoms with Crippen LogP contribution >= 0.6 is 46.2 Å². The molecule has 0 bridgehead atoms. The number of carbonyl (C=O) groups excluding carboxylic acids is 2. The molecular formula is C24H28N2O8S5. The van der Waals surface area contributed by atoms with Crippen molar-refractivity contribution in [3.05, 3.63) is 48.5 Å². The summed E-state index contributed by atoms with van der Waals surface area (Å²) in [5.74, 6) is 0.424. The number of carbonyl (C=O) groups is 2. The maximum Gasteiger partial charge on any atom is 0.316 e. The predicted octanol–water partition coefficient (Wildman–Crippen LogP) is 3.42. The molecule has 4 aromatic rings. The second-order valence-corrected chi connectivity index (χ2v) is 12.7. The van der Waals surface area contributed by atoms with Crippen molar-refractivity contribution in [2.45, 2.75) is 22.5 Å². The lowest BCUT2D eigenvalue weighted by Crippen LogP contribution is -2.28. The molecule has 0 radical (unpaired) electrons. The molecule has 0 saturated heterocycles. The van der Waals surface area contributed by atoms with Crippen molar-refractivity contribution in [1.82, 2.24) is 0 Å². The highest BCUT2D eigenvalue weighted by atomic mass is 32.3. The molecule has 0 N–H and O–H groups in total. The highest BCUT2D eigenvalue weighted by Crippen LogP contribution is 2.28. The molecule has 2 heterocycles. The highest BCUT2D eigenvalue weighted by Gasteiger charge is 2.19. The number of ether oxygens (including phenoxy) is 2. The minimum absolute atomic E-state index is 0.157. The van der Waals surface area contributed by atoms with Crippen LogP contribution in [0.4, 0.5) is 0 Å². The molecule has 0 aliphatic rings. The number of hydrogen-bond donors (Lipinski definition) is 0. The minimum Gasteiger partial charge on any atom is -0.759 e. The standard InChI is InChI=1S/2C12H14NO2S2.H2O4S/c2*1-3-15-11(14)8-16-12-13(2)9-6-4-5-7-10(9)17-12;1-5(2,3)4/h2*4-7H,3,8H2,1-2H3;(H2,1,2,3,4)/q2*+1;/p-2. The maximum atomic E-state index is 11.3. The molecule has 4 rings (SSSR count). The Balaban J connectivity index is 0.000000234. The summed E-state index contributed by atoms with van der Waals surface area (Å²) in [6.07, 6.45) is 0. The lowest BCUT2D eigenvalue weighted by Gasteiger charge is -2.06. The van der Waals surface area contributed by atoms with E-state index in [0.29, 0.717) is 24.7 Å². The van der Waals surface area contributed by atoms with Crippen molar-refractivity contribution >= 4 is 89.0 Å². The molecule has 2 aromatic carbocycles. The molecular weight excluding hydrogens is 605 g/mol. The number of fused-ring (bicyclic) bond motifs is 2. The van der Waals surface area contributed by atoms with E-state index >= 15 is 0 Å². The third kappa shape index (κ3) is 11.4. The Morgan fingerprint density at radius 1 is 0.769 bits per heavy atom. The van der Waals surface area contributed by atoms with E-state index < -0.39 is 10.4 Å². The number of esters is 2. The Morgan fingerprint density at radius 2 is 1.10 bits per heavy atom. The van der Waals surface area contributed by atoms with Crippen LogP contribution in [0.2, 0.25) is 0 Å². The number of nitrogens with zero attached hydrogens (tertiary/aromatic N) is 2. The normalized spacial score (nSPS) is 10.8. The smallest absolute Gasteiger partial charge is 0.316 e. The molecule has 0 amide bonds. The van der Waals surface area contributed by atoms with Gasteiger partial charge in [0.05, 0.1) is 13.2 Å². The average molecular weight is 633 g/mol. The van der Waals surface area contributed by atoms with Crippen LogP contribution in [0.5, 0.6) is 0 Å². The van der Waals surface area contributed by atoms with Gasteiger partial charge in [-0.2, -0.15) is 9.13 Å². The van der Waals surface area contributed by atoms with E-state index in [9.17, 15) is 9.59 Å². The maximum absolute atomic E-state index is 11.3. The van der Waals surface area contributed by atoms with Gasteiger partial charge < -0.3 is 18.6 Å². The summed E-state index contributed by atoms with van der Waals surface area (Å²) < 4.78 is 52.9. The van der Waals surface area contributed by atoms with Crippen LogP contribution in [0.25, 0.3) is 20.4 Å². The van der Waals surface area contributed by atoms with Crippen molar-refractivity contribution in [2.75, 3.05) is 24.7 Å². The van der Waals surface area contributed by atoms with Gasteiger partial charge in [-0.3, -0.25) is 18.0 Å². The van der Waals surface area contributed by atoms with Crippen molar-refractivity contribution < 1.29 is 45.7 Å². The van der Waals surface area contributed by atoms with Crippen molar-refractivity contribution in [3.63, 3.8) is 0 Å². The van der Waals surface area contributed by atoms with Crippen LogP contribution in [-0.4, -0.2) is 54.2 Å². The molecule has 2 aromatic heterocycles. The molecule has 0 spiro atoms. The van der Waals surface area contributed by atoms with E-state index in [4.69, 9.17) is 27.0 Å². The first-order valence-corrected chi connectivity index (χ1v) is 16.4. The van der Waals surface area contributed by atoms with Crippen LogP contribution in [0.15, 0.2) is 57.2 Å². The Labute approximate surface area is 243 Å². The Hall–Kier alpha value is -2.27. The zero-order chi connectivity index (χ0) is 29.0. The number of thiazole rings is 2. The van der Waals surface area contributed by atoms with Crippen molar-refractivity contribution in [1.29, 1.82) is 0 Å². The predicted molar refractivity (Wildman–Crippen MR) is 151 cm³/mol. The third-order valence-corrected chi connectivity index (χ3v) is 9.67. The summed E-state index contributed by atoms with van der Waals surface area (Å²) in [4.78, 5) is 22.6. The number of aryl methyl sites for hydroxylation is 2. The van der Waals surface area contributed by atoms with E-state index in [1.54, 1.807) is 22.7 Å². The summed E-state index contributed by atoms with van der Waals surface area (Å²) in [6, 6.07) is 16.4. The lowest BCUT2D eigenvalue weighted by atomic mass is 10.3. The first kappa shape index (κ1) is 32.9. The molecule has 39 heavy (non-hydrogen) atoms. The molecule has 212 valence electrons. The molecule has 0 unspecified atom stereocenters. The molecule has 0 saturated carbocycles. The number of thioether (sulfide) groups is 2. The van der Waals surface area contributed by atoms with Gasteiger partial charge in [0, 0.05) is 22.5 Å². The average Bonchev–Trinajstić information content (AvgIpc) is 3.37. The largest absolute Gasteiger partial charge is 0.759 e. The van der Waals surface area contributed by atoms with Gasteiger partial charge in [-0.05, 0) is 49.5 Å². The lowest BCUT2D eigenvalue weighted by molar-refractivity contribution is -0.676. The molecule has 0 aliphatic heterocycles. The summed E-state index contributed by atoms with van der Waals surface area (Å²) >= 11 is 6.46. The number of benzene rings is 2. The van der Waals surface area contributed by atoms with Gasteiger partial charge in [-0.25, -0.2) is 0 Å². The minimum atomic E-state index is -5.17. The fourth-order valence-electron chi connectivity index (χ4n) is 3.06. The van der Waals surface area contributed by atoms with Crippen molar-refractivity contribution in [2.24, 2.45) is 14.1 Å². The topological polar surface area (TPSA) is 141 Å². The van der Waals surface area contributed by atoms with E-state index in [0.717, 1.165) is 8.68 Å². The fraction of sp³-hybridized carbons (Fsp3) is 0.333. The molecule has 15 heteroatoms. The quantitative estimate of drug-likeness (QED) is 0.0933. The van der Waals surface area contributed by atoms with E-state index in [1.807, 2.05) is 52.2 Å². The van der Waals surface area contributed by atoms with Crippen LogP contribution < -0.4 is 9.13 Å². The zero-order valence-corrected chi connectivity index (χ0v) is 25.7. The van der Waals surface area contributed by atoms with Gasteiger partial charge in [0.1, 0.15) is 35.0 Å². The number of hydrogen-bond acceptors (Lipinski definition) is 12. The Bertz CT molecular complexity index is 1390. The van der Waals surface area contributed by atoms with Crippen molar-refractivity contribution in [3.8, 4) is 0 Å². The van der Waals surface area contributed by atoms with Crippen LogP contribution in [-0.2, 0) is 43.6 Å². The number of aromatic nitrogens is 2. The summed E-state index contributed by atoms with van der Waals surface area (Å²) in [5, 5.41) is 0. The van der Waals surface area contributed by atoms with Gasteiger partial charge in [0.2, 0.25) is 11.0 Å². The van der Waals surface area contributed by atoms with E-state index in [1.165, 1.54) is 44.0 Å². The third-order valence-electron chi connectivity index (χ3n) is 4.63. The van der Waals surface area contributed by atoms with Gasteiger partial charge in [0.25, 0.3) is 8.68 Å². The summed E-state index contributed by atoms with van der Waals surface area (Å²) in [6.45, 7) is 4.53. The molecule has 10 nitrogen and oxygen atoms in total. The first-order chi connectivity index (χ1) is 18.4.